The number of fused-ring (bicyclic) bond motifs is 1. The van der Waals surface area contributed by atoms with Crippen molar-refractivity contribution in [3.8, 4) is 5.75 Å². The predicted octanol–water partition coefficient (Wildman–Crippen LogP) is 2.24. The lowest BCUT2D eigenvalue weighted by Gasteiger charge is -2.39. The van der Waals surface area contributed by atoms with E-state index in [2.05, 4.69) is 5.32 Å². The second-order valence-electron chi connectivity index (χ2n) is 6.27. The molecule has 3 rings (SSSR count). The Labute approximate surface area is 126 Å². The Bertz CT molecular complexity index is 538. The van der Waals surface area contributed by atoms with Crippen LogP contribution in [0, 0.1) is 0 Å². The maximum absolute atomic E-state index is 12.3. The van der Waals surface area contributed by atoms with Gasteiger partial charge in [0.05, 0.1) is 7.11 Å². The second kappa shape index (κ2) is 5.68. The molecule has 114 valence electrons. The first-order valence-electron chi connectivity index (χ1n) is 7.91. The van der Waals surface area contributed by atoms with Gasteiger partial charge in [0.25, 0.3) is 0 Å². The molecule has 1 atom stereocenters. The first-order chi connectivity index (χ1) is 10.2. The smallest absolute Gasteiger partial charge is 0.242 e. The summed E-state index contributed by atoms with van der Waals surface area (Å²) in [5, 5.41) is 3.61. The van der Waals surface area contributed by atoms with Crippen LogP contribution >= 0.6 is 0 Å². The van der Waals surface area contributed by atoms with Gasteiger partial charge in [-0.25, -0.2) is 0 Å². The molecule has 1 fully saturated rings. The molecule has 0 aliphatic heterocycles. The van der Waals surface area contributed by atoms with Gasteiger partial charge in [-0.1, -0.05) is 18.9 Å². The van der Waals surface area contributed by atoms with Crippen LogP contribution in [0.3, 0.4) is 0 Å². The van der Waals surface area contributed by atoms with Gasteiger partial charge in [-0.3, -0.25) is 10.1 Å². The molecular formula is C17H24N2O2. The first-order valence-corrected chi connectivity index (χ1v) is 7.91. The highest BCUT2D eigenvalue weighted by molar-refractivity contribution is 5.87. The number of nitrogens with one attached hydrogen (secondary N) is 1. The van der Waals surface area contributed by atoms with Crippen LogP contribution in [0.5, 0.6) is 5.75 Å². The number of methoxy groups -OCH3 is 1. The van der Waals surface area contributed by atoms with Gasteiger partial charge in [0.2, 0.25) is 5.91 Å². The number of primary amides is 1. The molecule has 1 unspecified atom stereocenters. The third kappa shape index (κ3) is 2.53. The van der Waals surface area contributed by atoms with Crippen molar-refractivity contribution in [3.63, 3.8) is 0 Å². The zero-order valence-corrected chi connectivity index (χ0v) is 12.7. The summed E-state index contributed by atoms with van der Waals surface area (Å²) in [4.78, 5) is 12.3. The van der Waals surface area contributed by atoms with E-state index in [1.165, 1.54) is 18.4 Å². The van der Waals surface area contributed by atoms with Crippen LogP contribution in [-0.4, -0.2) is 19.1 Å². The Balaban J connectivity index is 1.99. The molecule has 1 aromatic rings. The van der Waals surface area contributed by atoms with E-state index in [-0.39, 0.29) is 5.91 Å². The molecular weight excluding hydrogens is 264 g/mol. The molecule has 1 amide bonds. The highest BCUT2D eigenvalue weighted by atomic mass is 16.5. The fourth-order valence-corrected chi connectivity index (χ4v) is 3.89. The number of aryl methyl sites for hydroxylation is 1. The number of nitrogens with two attached hydrogens (primary N) is 1. The minimum absolute atomic E-state index is 0.250. The quantitative estimate of drug-likeness (QED) is 0.893. The van der Waals surface area contributed by atoms with Crippen LogP contribution in [0.25, 0.3) is 0 Å². The number of ether oxygens (including phenoxy) is 1. The lowest BCUT2D eigenvalue weighted by molar-refractivity contribution is -0.125. The van der Waals surface area contributed by atoms with E-state index in [0.29, 0.717) is 6.04 Å². The van der Waals surface area contributed by atoms with Crippen molar-refractivity contribution in [1.82, 2.24) is 5.32 Å². The van der Waals surface area contributed by atoms with Gasteiger partial charge in [0.1, 0.15) is 11.3 Å². The lowest BCUT2D eigenvalue weighted by atomic mass is 9.75. The maximum atomic E-state index is 12.3. The number of rotatable bonds is 4. The first kappa shape index (κ1) is 14.4. The van der Waals surface area contributed by atoms with Crippen LogP contribution in [0.1, 0.15) is 49.7 Å². The van der Waals surface area contributed by atoms with E-state index in [4.69, 9.17) is 10.5 Å². The zero-order valence-electron chi connectivity index (χ0n) is 12.7. The minimum atomic E-state index is -0.700. The number of carbonyl (C=O) groups is 1. The van der Waals surface area contributed by atoms with E-state index in [1.807, 2.05) is 18.2 Å². The molecule has 1 saturated carbocycles. The van der Waals surface area contributed by atoms with Gasteiger partial charge >= 0.3 is 0 Å². The Kier molecular flexibility index (Phi) is 3.89. The van der Waals surface area contributed by atoms with Gasteiger partial charge in [0, 0.05) is 6.04 Å². The maximum Gasteiger partial charge on any atom is 0.242 e. The van der Waals surface area contributed by atoms with Crippen LogP contribution in [0.4, 0.5) is 0 Å². The summed E-state index contributed by atoms with van der Waals surface area (Å²) in [7, 11) is 1.67. The molecule has 21 heavy (non-hydrogen) atoms. The number of amides is 1. The third-order valence-corrected chi connectivity index (χ3v) is 5.00. The van der Waals surface area contributed by atoms with Crippen molar-refractivity contribution in [2.75, 3.05) is 7.11 Å². The Morgan fingerprint density at radius 3 is 2.76 bits per heavy atom. The Morgan fingerprint density at radius 1 is 1.33 bits per heavy atom. The summed E-state index contributed by atoms with van der Waals surface area (Å²) in [5.41, 5.74) is 7.37. The molecule has 1 aromatic carbocycles. The molecule has 4 heteroatoms. The summed E-state index contributed by atoms with van der Waals surface area (Å²) < 4.78 is 5.31. The van der Waals surface area contributed by atoms with Crippen LogP contribution in [-0.2, 0) is 16.8 Å². The third-order valence-electron chi connectivity index (χ3n) is 5.00. The highest BCUT2D eigenvalue weighted by Gasteiger charge is 2.43. The van der Waals surface area contributed by atoms with Crippen molar-refractivity contribution >= 4 is 5.91 Å². The van der Waals surface area contributed by atoms with Crippen LogP contribution in [0.15, 0.2) is 18.2 Å². The standard InChI is InChI=1S/C17H24N2O2/c1-21-14-8-9-15-12(11-14)5-4-10-17(15,16(18)20)19-13-6-2-3-7-13/h8-9,11,13,19H,2-7,10H2,1H3,(H2,18,20). The van der Waals surface area contributed by atoms with Crippen molar-refractivity contribution in [3.05, 3.63) is 29.3 Å². The minimum Gasteiger partial charge on any atom is -0.497 e. The average molecular weight is 288 g/mol. The molecule has 0 bridgehead atoms. The molecule has 2 aliphatic carbocycles. The average Bonchev–Trinajstić information content (AvgIpc) is 2.99. The van der Waals surface area contributed by atoms with Crippen molar-refractivity contribution < 1.29 is 9.53 Å². The number of hydrogen-bond acceptors (Lipinski definition) is 3. The predicted molar refractivity (Wildman–Crippen MR) is 82.2 cm³/mol. The van der Waals surface area contributed by atoms with Gasteiger partial charge in [-0.05, 0) is 55.4 Å². The van der Waals surface area contributed by atoms with Crippen molar-refractivity contribution in [2.45, 2.75) is 56.5 Å². The van der Waals surface area contributed by atoms with Crippen molar-refractivity contribution in [1.29, 1.82) is 0 Å². The fourth-order valence-electron chi connectivity index (χ4n) is 3.89. The Morgan fingerprint density at radius 2 is 2.10 bits per heavy atom. The van der Waals surface area contributed by atoms with E-state index in [0.717, 1.165) is 43.4 Å². The topological polar surface area (TPSA) is 64.3 Å². The molecule has 0 heterocycles. The molecule has 0 spiro atoms. The van der Waals surface area contributed by atoms with Crippen molar-refractivity contribution in [2.24, 2.45) is 5.73 Å². The van der Waals surface area contributed by atoms with Gasteiger partial charge < -0.3 is 10.5 Å². The van der Waals surface area contributed by atoms with Gasteiger partial charge in [0.15, 0.2) is 0 Å². The SMILES string of the molecule is COc1ccc2c(c1)CCCC2(NC1CCCC1)C(N)=O. The van der Waals surface area contributed by atoms with Crippen LogP contribution in [0.2, 0.25) is 0 Å². The van der Waals surface area contributed by atoms with Gasteiger partial charge in [-0.15, -0.1) is 0 Å². The monoisotopic (exact) mass is 288 g/mol. The van der Waals surface area contributed by atoms with Crippen LogP contribution < -0.4 is 15.8 Å². The molecule has 0 aromatic heterocycles. The fraction of sp³-hybridized carbons (Fsp3) is 0.588. The van der Waals surface area contributed by atoms with E-state index in [1.54, 1.807) is 7.11 Å². The summed E-state index contributed by atoms with van der Waals surface area (Å²) >= 11 is 0. The molecule has 0 saturated heterocycles. The molecule has 4 nitrogen and oxygen atoms in total. The summed E-state index contributed by atoms with van der Waals surface area (Å²) in [6, 6.07) is 6.39. The highest BCUT2D eigenvalue weighted by Crippen LogP contribution is 2.38. The summed E-state index contributed by atoms with van der Waals surface area (Å²) in [5.74, 6) is 0.593. The van der Waals surface area contributed by atoms with E-state index < -0.39 is 5.54 Å². The number of hydrogen-bond donors (Lipinski definition) is 2. The molecule has 0 radical (unpaired) electrons. The summed E-state index contributed by atoms with van der Waals surface area (Å²) in [6.07, 6.45) is 7.50. The molecule has 2 aliphatic rings. The summed E-state index contributed by atoms with van der Waals surface area (Å²) in [6.45, 7) is 0. The van der Waals surface area contributed by atoms with Gasteiger partial charge in [-0.2, -0.15) is 0 Å². The Hall–Kier alpha value is -1.55. The normalized spacial score (nSPS) is 25.6. The molecule has 3 N–H and O–H groups in total. The van der Waals surface area contributed by atoms with E-state index in [9.17, 15) is 4.79 Å². The lowest BCUT2D eigenvalue weighted by Crippen LogP contribution is -2.57. The largest absolute Gasteiger partial charge is 0.497 e. The number of carbonyl (C=O) groups excluding carboxylic acids is 1. The van der Waals surface area contributed by atoms with E-state index >= 15 is 0 Å². The number of benzene rings is 1. The zero-order chi connectivity index (χ0) is 14.9. The second-order valence-corrected chi connectivity index (χ2v) is 6.27.